The number of fused-ring (bicyclic) bond motifs is 1. The summed E-state index contributed by atoms with van der Waals surface area (Å²) in [6.45, 7) is 7.73. The Balaban J connectivity index is 1.44. The maximum absolute atomic E-state index is 12.2. The van der Waals surface area contributed by atoms with Crippen LogP contribution in [0, 0.1) is 6.92 Å². The molecule has 4 rings (SSSR count). The average molecular weight is 382 g/mol. The summed E-state index contributed by atoms with van der Waals surface area (Å²) in [5.74, 6) is 2.27. The zero-order chi connectivity index (χ0) is 19.9. The van der Waals surface area contributed by atoms with Crippen molar-refractivity contribution in [2.75, 3.05) is 25.1 Å². The molecule has 4 heterocycles. The molecule has 2 aliphatic rings. The summed E-state index contributed by atoms with van der Waals surface area (Å²) in [5.41, 5.74) is 2.13. The second kappa shape index (κ2) is 6.96. The average Bonchev–Trinajstić information content (AvgIpc) is 2.90. The number of nitrogens with zero attached hydrogens (tertiary/aromatic N) is 3. The van der Waals surface area contributed by atoms with Crippen LogP contribution in [0.1, 0.15) is 48.3 Å². The van der Waals surface area contributed by atoms with Gasteiger partial charge in [-0.3, -0.25) is 4.79 Å². The standard InChI is InChI=1S/C21H26N4O3/c1-13-11-16-18(21(2,3)24-20(16)26)23-19(13)25-9-7-14(8-10-25)28-15-5-6-17(27-4)22-12-15/h5-6,11-12,14H,7-10H2,1-4H3,(H,24,26). The third kappa shape index (κ3) is 3.37. The summed E-state index contributed by atoms with van der Waals surface area (Å²) in [6.07, 6.45) is 3.67. The molecule has 0 bridgehead atoms. The SMILES string of the molecule is COc1ccc(OC2CCN(c3nc4c(cc3C)C(=O)NC4(C)C)CC2)cn1. The highest BCUT2D eigenvalue weighted by molar-refractivity contribution is 5.99. The lowest BCUT2D eigenvalue weighted by atomic mass is 9.99. The zero-order valence-electron chi connectivity index (χ0n) is 16.8. The van der Waals surface area contributed by atoms with Gasteiger partial charge in [-0.25, -0.2) is 9.97 Å². The number of piperidine rings is 1. The van der Waals surface area contributed by atoms with Crippen LogP contribution in [0.5, 0.6) is 11.6 Å². The summed E-state index contributed by atoms with van der Waals surface area (Å²) in [5, 5.41) is 3.00. The van der Waals surface area contributed by atoms with E-state index in [1.807, 2.05) is 32.9 Å². The first-order valence-electron chi connectivity index (χ1n) is 9.63. The van der Waals surface area contributed by atoms with E-state index < -0.39 is 5.54 Å². The predicted octanol–water partition coefficient (Wildman–Crippen LogP) is 2.82. The first kappa shape index (κ1) is 18.5. The Morgan fingerprint density at radius 1 is 1.25 bits per heavy atom. The Morgan fingerprint density at radius 3 is 2.64 bits per heavy atom. The molecule has 0 aliphatic carbocycles. The third-order valence-electron chi connectivity index (χ3n) is 5.41. The van der Waals surface area contributed by atoms with Crippen molar-refractivity contribution in [3.8, 4) is 11.6 Å². The molecular weight excluding hydrogens is 356 g/mol. The highest BCUT2D eigenvalue weighted by Gasteiger charge is 2.38. The molecule has 7 nitrogen and oxygen atoms in total. The number of carbonyl (C=O) groups excluding carboxylic acids is 1. The van der Waals surface area contributed by atoms with Crippen LogP contribution in [-0.2, 0) is 5.54 Å². The summed E-state index contributed by atoms with van der Waals surface area (Å²) < 4.78 is 11.2. The van der Waals surface area contributed by atoms with E-state index in [4.69, 9.17) is 14.5 Å². The molecule has 0 unspecified atom stereocenters. The van der Waals surface area contributed by atoms with Gasteiger partial charge < -0.3 is 19.7 Å². The number of hydrogen-bond acceptors (Lipinski definition) is 6. The Bertz CT molecular complexity index is 887. The van der Waals surface area contributed by atoms with E-state index >= 15 is 0 Å². The van der Waals surface area contributed by atoms with Gasteiger partial charge in [0.25, 0.3) is 5.91 Å². The second-order valence-corrected chi connectivity index (χ2v) is 7.94. The van der Waals surface area contributed by atoms with Gasteiger partial charge in [0.2, 0.25) is 5.88 Å². The van der Waals surface area contributed by atoms with Gasteiger partial charge in [0.15, 0.2) is 0 Å². The number of ether oxygens (including phenoxy) is 2. The largest absolute Gasteiger partial charge is 0.489 e. The molecule has 1 fully saturated rings. The molecule has 7 heteroatoms. The van der Waals surface area contributed by atoms with Crippen molar-refractivity contribution in [2.45, 2.75) is 45.3 Å². The molecule has 2 aromatic rings. The number of amides is 1. The van der Waals surface area contributed by atoms with Crippen LogP contribution >= 0.6 is 0 Å². The fourth-order valence-corrected chi connectivity index (χ4v) is 3.92. The van der Waals surface area contributed by atoms with Crippen LogP contribution in [0.25, 0.3) is 0 Å². The van der Waals surface area contributed by atoms with E-state index in [1.54, 1.807) is 19.4 Å². The van der Waals surface area contributed by atoms with Crippen molar-refractivity contribution in [1.82, 2.24) is 15.3 Å². The summed E-state index contributed by atoms with van der Waals surface area (Å²) >= 11 is 0. The minimum Gasteiger partial charge on any atom is -0.489 e. The number of aryl methyl sites for hydroxylation is 1. The number of carbonyl (C=O) groups is 1. The van der Waals surface area contributed by atoms with Crippen molar-refractivity contribution in [3.05, 3.63) is 41.2 Å². The van der Waals surface area contributed by atoms with Crippen molar-refractivity contribution in [2.24, 2.45) is 0 Å². The number of anilines is 1. The zero-order valence-corrected chi connectivity index (χ0v) is 16.8. The van der Waals surface area contributed by atoms with Gasteiger partial charge in [-0.1, -0.05) is 0 Å². The van der Waals surface area contributed by atoms with Gasteiger partial charge in [0, 0.05) is 32.0 Å². The van der Waals surface area contributed by atoms with Crippen LogP contribution < -0.4 is 19.7 Å². The number of pyridine rings is 2. The normalized spacial score (nSPS) is 18.6. The lowest BCUT2D eigenvalue weighted by Gasteiger charge is -2.34. The molecule has 28 heavy (non-hydrogen) atoms. The Labute approximate surface area is 165 Å². The first-order valence-corrected chi connectivity index (χ1v) is 9.63. The number of hydrogen-bond donors (Lipinski definition) is 1. The third-order valence-corrected chi connectivity index (χ3v) is 5.41. The van der Waals surface area contributed by atoms with Gasteiger partial charge in [0.05, 0.1) is 30.1 Å². The quantitative estimate of drug-likeness (QED) is 0.876. The summed E-state index contributed by atoms with van der Waals surface area (Å²) in [7, 11) is 1.60. The van der Waals surface area contributed by atoms with Crippen LogP contribution in [-0.4, -0.2) is 42.2 Å². The lowest BCUT2D eigenvalue weighted by molar-refractivity contribution is 0.0940. The highest BCUT2D eigenvalue weighted by atomic mass is 16.5. The predicted molar refractivity (Wildman–Crippen MR) is 106 cm³/mol. The van der Waals surface area contributed by atoms with Crippen molar-refractivity contribution < 1.29 is 14.3 Å². The number of nitrogens with one attached hydrogen (secondary N) is 1. The van der Waals surface area contributed by atoms with Crippen molar-refractivity contribution in [1.29, 1.82) is 0 Å². The van der Waals surface area contributed by atoms with Crippen LogP contribution in [0.4, 0.5) is 5.82 Å². The van der Waals surface area contributed by atoms with Gasteiger partial charge in [-0.2, -0.15) is 0 Å². The Kier molecular flexibility index (Phi) is 4.61. The maximum Gasteiger partial charge on any atom is 0.253 e. The van der Waals surface area contributed by atoms with Crippen LogP contribution in [0.2, 0.25) is 0 Å². The summed E-state index contributed by atoms with van der Waals surface area (Å²) in [4.78, 5) is 23.6. The molecule has 148 valence electrons. The fraction of sp³-hybridized carbons (Fsp3) is 0.476. The highest BCUT2D eigenvalue weighted by Crippen LogP contribution is 2.33. The molecular formula is C21H26N4O3. The monoisotopic (exact) mass is 382 g/mol. The maximum atomic E-state index is 12.2. The molecule has 0 radical (unpaired) electrons. The topological polar surface area (TPSA) is 76.6 Å². The Hall–Kier alpha value is -2.83. The van der Waals surface area contributed by atoms with Gasteiger partial charge in [-0.05, 0) is 38.5 Å². The van der Waals surface area contributed by atoms with Gasteiger partial charge >= 0.3 is 0 Å². The number of rotatable bonds is 4. The second-order valence-electron chi connectivity index (χ2n) is 7.94. The van der Waals surface area contributed by atoms with Gasteiger partial charge in [0.1, 0.15) is 17.7 Å². The van der Waals surface area contributed by atoms with Crippen LogP contribution in [0.15, 0.2) is 24.4 Å². The van der Waals surface area contributed by atoms with Crippen LogP contribution in [0.3, 0.4) is 0 Å². The molecule has 0 saturated carbocycles. The van der Waals surface area contributed by atoms with Crippen molar-refractivity contribution >= 4 is 11.7 Å². The molecule has 1 N–H and O–H groups in total. The first-order chi connectivity index (χ1) is 13.4. The molecule has 2 aromatic heterocycles. The minimum absolute atomic E-state index is 0.0395. The molecule has 0 spiro atoms. The van der Waals surface area contributed by atoms with E-state index in [1.165, 1.54) is 0 Å². The lowest BCUT2D eigenvalue weighted by Crippen LogP contribution is -2.39. The van der Waals surface area contributed by atoms with Crippen molar-refractivity contribution in [3.63, 3.8) is 0 Å². The molecule has 1 saturated heterocycles. The van der Waals surface area contributed by atoms with E-state index in [0.29, 0.717) is 11.4 Å². The van der Waals surface area contributed by atoms with E-state index in [9.17, 15) is 4.79 Å². The minimum atomic E-state index is -0.433. The summed E-state index contributed by atoms with van der Waals surface area (Å²) in [6, 6.07) is 5.66. The molecule has 0 atom stereocenters. The smallest absolute Gasteiger partial charge is 0.253 e. The fourth-order valence-electron chi connectivity index (χ4n) is 3.92. The molecule has 0 aromatic carbocycles. The number of aromatic nitrogens is 2. The van der Waals surface area contributed by atoms with E-state index in [2.05, 4.69) is 15.2 Å². The number of methoxy groups -OCH3 is 1. The van der Waals surface area contributed by atoms with E-state index in [-0.39, 0.29) is 12.0 Å². The molecule has 1 amide bonds. The van der Waals surface area contributed by atoms with Gasteiger partial charge in [-0.15, -0.1) is 0 Å². The Morgan fingerprint density at radius 2 is 2.00 bits per heavy atom. The van der Waals surface area contributed by atoms with E-state index in [0.717, 1.165) is 48.8 Å². The molecule has 2 aliphatic heterocycles.